The van der Waals surface area contributed by atoms with Gasteiger partial charge in [-0.15, -0.1) is 0 Å². The fourth-order valence-electron chi connectivity index (χ4n) is 1.93. The van der Waals surface area contributed by atoms with Crippen LogP contribution in [0, 0.1) is 0 Å². The van der Waals surface area contributed by atoms with Gasteiger partial charge in [0.2, 0.25) is 0 Å². The van der Waals surface area contributed by atoms with E-state index in [0.717, 1.165) is 6.42 Å². The fourth-order valence-corrected chi connectivity index (χ4v) is 1.93. The summed E-state index contributed by atoms with van der Waals surface area (Å²) in [5.74, 6) is -2.13. The van der Waals surface area contributed by atoms with Crippen molar-refractivity contribution < 1.29 is 19.8 Å². The smallest absolute Gasteiger partial charge is 0.325 e. The van der Waals surface area contributed by atoms with Crippen LogP contribution in [0.5, 0.6) is 0 Å². The molecule has 1 saturated heterocycles. The molecule has 0 amide bonds. The summed E-state index contributed by atoms with van der Waals surface area (Å²) in [5, 5.41) is 17.8. The van der Waals surface area contributed by atoms with Crippen molar-refractivity contribution in [3.8, 4) is 0 Å². The minimum atomic E-state index is -1.42. The Labute approximate surface area is 87.7 Å². The second-order valence-electron chi connectivity index (χ2n) is 3.99. The number of nitrogens with two attached hydrogens (primary N) is 1. The molecule has 1 rings (SSSR count). The Kier molecular flexibility index (Phi) is 3.31. The molecule has 6 heteroatoms. The standard InChI is InChI=1S/C9H16N2O4/c1-2-3-11-5-9(10,8(14)15)4-6(11)7(12)13/h6H,2-5,10H2,1H3,(H,12,13)(H,14,15). The molecule has 1 aliphatic rings. The van der Waals surface area contributed by atoms with Gasteiger partial charge in [0, 0.05) is 13.0 Å². The minimum Gasteiger partial charge on any atom is -0.480 e. The van der Waals surface area contributed by atoms with E-state index >= 15 is 0 Å². The first kappa shape index (κ1) is 11.9. The quantitative estimate of drug-likeness (QED) is 0.576. The summed E-state index contributed by atoms with van der Waals surface area (Å²) in [4.78, 5) is 23.4. The van der Waals surface area contributed by atoms with Crippen molar-refractivity contribution in [2.75, 3.05) is 13.1 Å². The highest BCUT2D eigenvalue weighted by Crippen LogP contribution is 2.25. The largest absolute Gasteiger partial charge is 0.480 e. The van der Waals surface area contributed by atoms with Gasteiger partial charge >= 0.3 is 11.9 Å². The first-order chi connectivity index (χ1) is 6.90. The molecule has 6 nitrogen and oxygen atoms in total. The number of carboxylic acid groups (broad SMARTS) is 2. The van der Waals surface area contributed by atoms with Crippen LogP contribution < -0.4 is 5.73 Å². The van der Waals surface area contributed by atoms with E-state index in [4.69, 9.17) is 15.9 Å². The van der Waals surface area contributed by atoms with Crippen molar-refractivity contribution in [2.45, 2.75) is 31.3 Å². The molecule has 0 aliphatic carbocycles. The molecular formula is C9H16N2O4. The lowest BCUT2D eigenvalue weighted by atomic mass is 9.98. The van der Waals surface area contributed by atoms with Gasteiger partial charge in [0.05, 0.1) is 0 Å². The molecule has 0 spiro atoms. The van der Waals surface area contributed by atoms with Crippen LogP contribution in [0.2, 0.25) is 0 Å². The normalized spacial score (nSPS) is 31.7. The van der Waals surface area contributed by atoms with Gasteiger partial charge in [-0.25, -0.2) is 0 Å². The zero-order valence-corrected chi connectivity index (χ0v) is 8.64. The zero-order valence-electron chi connectivity index (χ0n) is 8.64. The summed E-state index contributed by atoms with van der Waals surface area (Å²) in [6.45, 7) is 2.58. The highest BCUT2D eigenvalue weighted by Gasteiger charge is 2.49. The lowest BCUT2D eigenvalue weighted by Gasteiger charge is -2.20. The number of aliphatic carboxylic acids is 2. The minimum absolute atomic E-state index is 0.0301. The van der Waals surface area contributed by atoms with E-state index in [9.17, 15) is 9.59 Å². The highest BCUT2D eigenvalue weighted by molar-refractivity contribution is 5.83. The molecule has 1 fully saturated rings. The second kappa shape index (κ2) is 4.16. The van der Waals surface area contributed by atoms with Crippen LogP contribution in [0.1, 0.15) is 19.8 Å². The lowest BCUT2D eigenvalue weighted by molar-refractivity contribution is -0.142. The molecular weight excluding hydrogens is 200 g/mol. The van der Waals surface area contributed by atoms with Crippen molar-refractivity contribution in [1.29, 1.82) is 0 Å². The van der Waals surface area contributed by atoms with Crippen LogP contribution in [0.4, 0.5) is 0 Å². The Balaban J connectivity index is 2.81. The molecule has 1 aliphatic heterocycles. The Morgan fingerprint density at radius 2 is 2.13 bits per heavy atom. The van der Waals surface area contributed by atoms with Crippen LogP contribution in [0.15, 0.2) is 0 Å². The third kappa shape index (κ3) is 2.27. The average molecular weight is 216 g/mol. The number of rotatable bonds is 4. The maximum absolute atomic E-state index is 10.9. The van der Waals surface area contributed by atoms with Crippen LogP contribution in [0.25, 0.3) is 0 Å². The van der Waals surface area contributed by atoms with Gasteiger partial charge in [0.25, 0.3) is 0 Å². The predicted octanol–water partition coefficient (Wildman–Crippen LogP) is -0.663. The number of nitrogens with zero attached hydrogens (tertiary/aromatic N) is 1. The van der Waals surface area contributed by atoms with Crippen molar-refractivity contribution in [3.05, 3.63) is 0 Å². The molecule has 0 aromatic heterocycles. The number of carbonyl (C=O) groups is 2. The first-order valence-corrected chi connectivity index (χ1v) is 4.90. The van der Waals surface area contributed by atoms with E-state index < -0.39 is 23.5 Å². The third-order valence-electron chi connectivity index (χ3n) is 2.71. The molecule has 0 aromatic rings. The number of hydrogen-bond donors (Lipinski definition) is 3. The Bertz CT molecular complexity index is 281. The molecule has 15 heavy (non-hydrogen) atoms. The summed E-state index contributed by atoms with van der Waals surface area (Å²) < 4.78 is 0. The van der Waals surface area contributed by atoms with E-state index in [0.29, 0.717) is 6.54 Å². The van der Waals surface area contributed by atoms with Crippen LogP contribution in [-0.4, -0.2) is 51.7 Å². The lowest BCUT2D eigenvalue weighted by Crippen LogP contribution is -2.50. The monoisotopic (exact) mass is 216 g/mol. The molecule has 2 atom stereocenters. The predicted molar refractivity (Wildman–Crippen MR) is 52.5 cm³/mol. The Hall–Kier alpha value is -1.14. The number of likely N-dealkylation sites (tertiary alicyclic amines) is 1. The Morgan fingerprint density at radius 1 is 1.53 bits per heavy atom. The van der Waals surface area contributed by atoms with Crippen molar-refractivity contribution in [2.24, 2.45) is 5.73 Å². The summed E-state index contributed by atoms with van der Waals surface area (Å²) >= 11 is 0. The molecule has 2 unspecified atom stereocenters. The van der Waals surface area contributed by atoms with Crippen LogP contribution >= 0.6 is 0 Å². The summed E-state index contributed by atoms with van der Waals surface area (Å²) in [7, 11) is 0. The van der Waals surface area contributed by atoms with E-state index in [-0.39, 0.29) is 13.0 Å². The average Bonchev–Trinajstić information content (AvgIpc) is 2.45. The van der Waals surface area contributed by atoms with E-state index in [2.05, 4.69) is 0 Å². The summed E-state index contributed by atoms with van der Waals surface area (Å²) in [5.41, 5.74) is 4.23. The fraction of sp³-hybridized carbons (Fsp3) is 0.778. The summed E-state index contributed by atoms with van der Waals surface area (Å²) in [6, 6.07) is -0.772. The maximum Gasteiger partial charge on any atom is 0.325 e. The van der Waals surface area contributed by atoms with Crippen molar-refractivity contribution in [3.63, 3.8) is 0 Å². The summed E-state index contributed by atoms with van der Waals surface area (Å²) in [6.07, 6.45) is 0.747. The third-order valence-corrected chi connectivity index (χ3v) is 2.71. The van der Waals surface area contributed by atoms with Gasteiger partial charge in [0.1, 0.15) is 11.6 Å². The van der Waals surface area contributed by atoms with Crippen LogP contribution in [0.3, 0.4) is 0 Å². The second-order valence-corrected chi connectivity index (χ2v) is 3.99. The van der Waals surface area contributed by atoms with Gasteiger partial charge in [0.15, 0.2) is 0 Å². The van der Waals surface area contributed by atoms with Crippen molar-refractivity contribution in [1.82, 2.24) is 4.90 Å². The maximum atomic E-state index is 10.9. The van der Waals surface area contributed by atoms with Gasteiger partial charge in [-0.05, 0) is 13.0 Å². The van der Waals surface area contributed by atoms with Gasteiger partial charge in [-0.3, -0.25) is 14.5 Å². The molecule has 4 N–H and O–H groups in total. The first-order valence-electron chi connectivity index (χ1n) is 4.90. The molecule has 86 valence electrons. The van der Waals surface area contributed by atoms with E-state index in [1.54, 1.807) is 4.90 Å². The topological polar surface area (TPSA) is 104 Å². The van der Waals surface area contributed by atoms with E-state index in [1.807, 2.05) is 6.92 Å². The molecule has 0 radical (unpaired) electrons. The molecule has 1 heterocycles. The van der Waals surface area contributed by atoms with Gasteiger partial charge in [-0.2, -0.15) is 0 Å². The molecule has 0 bridgehead atoms. The van der Waals surface area contributed by atoms with Gasteiger partial charge < -0.3 is 15.9 Å². The highest BCUT2D eigenvalue weighted by atomic mass is 16.4. The molecule has 0 aromatic carbocycles. The van der Waals surface area contributed by atoms with E-state index in [1.165, 1.54) is 0 Å². The SMILES string of the molecule is CCCN1CC(N)(C(=O)O)CC1C(=O)O. The number of carboxylic acids is 2. The zero-order chi connectivity index (χ0) is 11.6. The Morgan fingerprint density at radius 3 is 2.53 bits per heavy atom. The van der Waals surface area contributed by atoms with Crippen molar-refractivity contribution >= 4 is 11.9 Å². The van der Waals surface area contributed by atoms with Crippen LogP contribution in [-0.2, 0) is 9.59 Å². The molecule has 0 saturated carbocycles. The van der Waals surface area contributed by atoms with Gasteiger partial charge in [-0.1, -0.05) is 6.92 Å². The number of hydrogen-bond acceptors (Lipinski definition) is 4.